The minimum atomic E-state index is 0.112. The van der Waals surface area contributed by atoms with E-state index in [2.05, 4.69) is 14.8 Å². The summed E-state index contributed by atoms with van der Waals surface area (Å²) in [5.74, 6) is 0.112. The Balaban J connectivity index is 1.52. The van der Waals surface area contributed by atoms with Gasteiger partial charge in [0.1, 0.15) is 0 Å². The summed E-state index contributed by atoms with van der Waals surface area (Å²) >= 11 is 0. The van der Waals surface area contributed by atoms with Crippen LogP contribution in [0.3, 0.4) is 0 Å². The van der Waals surface area contributed by atoms with E-state index in [4.69, 9.17) is 9.47 Å². The number of nitrogens with zero attached hydrogens (tertiary/aromatic N) is 3. The Morgan fingerprint density at radius 2 is 1.89 bits per heavy atom. The molecule has 0 aliphatic carbocycles. The highest BCUT2D eigenvalue weighted by atomic mass is 16.5. The second kappa shape index (κ2) is 8.78. The molecule has 0 saturated carbocycles. The quantitative estimate of drug-likeness (QED) is 0.809. The zero-order valence-corrected chi connectivity index (χ0v) is 15.7. The van der Waals surface area contributed by atoms with Gasteiger partial charge >= 0.3 is 0 Å². The van der Waals surface area contributed by atoms with Gasteiger partial charge < -0.3 is 14.4 Å². The number of hydrogen-bond acceptors (Lipinski definition) is 5. The molecule has 0 atom stereocenters. The van der Waals surface area contributed by atoms with Crippen molar-refractivity contribution in [3.05, 3.63) is 42.1 Å². The highest BCUT2D eigenvalue weighted by Gasteiger charge is 2.27. The summed E-state index contributed by atoms with van der Waals surface area (Å²) in [6.07, 6.45) is 3.59. The van der Waals surface area contributed by atoms with Crippen molar-refractivity contribution in [3.63, 3.8) is 0 Å². The van der Waals surface area contributed by atoms with E-state index >= 15 is 0 Å². The summed E-state index contributed by atoms with van der Waals surface area (Å²) in [5.41, 5.74) is 1.66. The largest absolute Gasteiger partial charge is 0.381 e. The van der Waals surface area contributed by atoms with Crippen LogP contribution in [0.5, 0.6) is 0 Å². The number of rotatable bonds is 5. The van der Waals surface area contributed by atoms with Gasteiger partial charge in [-0.1, -0.05) is 6.07 Å². The van der Waals surface area contributed by atoms with Crippen molar-refractivity contribution in [1.29, 1.82) is 0 Å². The van der Waals surface area contributed by atoms with Gasteiger partial charge in [-0.2, -0.15) is 0 Å². The normalized spacial score (nSPS) is 19.3. The summed E-state index contributed by atoms with van der Waals surface area (Å²) < 4.78 is 11.0. The smallest absolute Gasteiger partial charge is 0.254 e. The van der Waals surface area contributed by atoms with E-state index in [1.807, 2.05) is 30.3 Å². The average molecular weight is 369 g/mol. The van der Waals surface area contributed by atoms with Crippen LogP contribution in [0, 0.1) is 0 Å². The number of carbonyl (C=O) groups excluding carboxylic acids is 1. The number of morpholine rings is 1. The summed E-state index contributed by atoms with van der Waals surface area (Å²) in [6.45, 7) is 6.54. The van der Waals surface area contributed by atoms with Gasteiger partial charge in [0.05, 0.1) is 18.7 Å². The fraction of sp³-hybridized carbons (Fsp3) is 0.524. The van der Waals surface area contributed by atoms with E-state index in [1.165, 1.54) is 0 Å². The van der Waals surface area contributed by atoms with Crippen LogP contribution in [0.2, 0.25) is 0 Å². The number of benzene rings is 1. The molecule has 0 N–H and O–H groups in total. The first-order valence-corrected chi connectivity index (χ1v) is 9.85. The standard InChI is InChI=1S/C21H27N3O3/c25-21(18-3-4-20-17(16-18)2-1-7-22-20)24(19-5-12-26-13-6-19)9-8-23-10-14-27-15-11-23/h1-4,7,16,19H,5-6,8-15H2. The minimum absolute atomic E-state index is 0.112. The van der Waals surface area contributed by atoms with Gasteiger partial charge in [0, 0.05) is 62.6 Å². The van der Waals surface area contributed by atoms with Crippen molar-refractivity contribution in [1.82, 2.24) is 14.8 Å². The summed E-state index contributed by atoms with van der Waals surface area (Å²) in [5, 5.41) is 1.00. The molecule has 0 radical (unpaired) electrons. The molecule has 0 spiro atoms. The number of hydrogen-bond donors (Lipinski definition) is 0. The lowest BCUT2D eigenvalue weighted by Crippen LogP contribution is -2.48. The van der Waals surface area contributed by atoms with Gasteiger partial charge in [0.15, 0.2) is 0 Å². The van der Waals surface area contributed by atoms with Crippen molar-refractivity contribution in [2.75, 3.05) is 52.6 Å². The van der Waals surface area contributed by atoms with Crippen LogP contribution in [0.25, 0.3) is 10.9 Å². The van der Waals surface area contributed by atoms with Crippen molar-refractivity contribution < 1.29 is 14.3 Å². The Labute approximate surface area is 160 Å². The molecule has 27 heavy (non-hydrogen) atoms. The Kier molecular flexibility index (Phi) is 5.97. The molecule has 2 aliphatic heterocycles. The van der Waals surface area contributed by atoms with Gasteiger partial charge in [-0.25, -0.2) is 0 Å². The van der Waals surface area contributed by atoms with Gasteiger partial charge in [0.25, 0.3) is 5.91 Å². The molecular formula is C21H27N3O3. The van der Waals surface area contributed by atoms with Crippen molar-refractivity contribution in [3.8, 4) is 0 Å². The van der Waals surface area contributed by atoms with Crippen LogP contribution < -0.4 is 0 Å². The lowest BCUT2D eigenvalue weighted by atomic mass is 10.0. The zero-order chi connectivity index (χ0) is 18.5. The van der Waals surface area contributed by atoms with Gasteiger partial charge in [-0.15, -0.1) is 0 Å². The summed E-state index contributed by atoms with van der Waals surface area (Å²) in [4.78, 5) is 22.2. The number of carbonyl (C=O) groups is 1. The molecule has 1 aromatic carbocycles. The van der Waals surface area contributed by atoms with Gasteiger partial charge in [-0.05, 0) is 37.1 Å². The molecule has 144 valence electrons. The van der Waals surface area contributed by atoms with E-state index in [9.17, 15) is 4.79 Å². The zero-order valence-electron chi connectivity index (χ0n) is 15.7. The van der Waals surface area contributed by atoms with Crippen LogP contribution in [0.1, 0.15) is 23.2 Å². The highest BCUT2D eigenvalue weighted by Crippen LogP contribution is 2.20. The first-order valence-electron chi connectivity index (χ1n) is 9.85. The average Bonchev–Trinajstić information content (AvgIpc) is 2.75. The molecule has 2 aromatic rings. The van der Waals surface area contributed by atoms with E-state index in [0.717, 1.165) is 81.9 Å². The van der Waals surface area contributed by atoms with Crippen LogP contribution in [-0.4, -0.2) is 79.3 Å². The summed E-state index contributed by atoms with van der Waals surface area (Å²) in [7, 11) is 0. The molecule has 6 heteroatoms. The molecule has 2 aliphatic rings. The predicted molar refractivity (Wildman–Crippen MR) is 104 cm³/mol. The van der Waals surface area contributed by atoms with Crippen LogP contribution in [0.15, 0.2) is 36.5 Å². The molecule has 0 unspecified atom stereocenters. The van der Waals surface area contributed by atoms with Crippen LogP contribution >= 0.6 is 0 Å². The third kappa shape index (κ3) is 4.46. The molecule has 1 aromatic heterocycles. The van der Waals surface area contributed by atoms with Crippen LogP contribution in [-0.2, 0) is 9.47 Å². The fourth-order valence-corrected chi connectivity index (χ4v) is 3.90. The topological polar surface area (TPSA) is 54.9 Å². The van der Waals surface area contributed by atoms with E-state index < -0.39 is 0 Å². The molecule has 0 bridgehead atoms. The molecule has 6 nitrogen and oxygen atoms in total. The second-order valence-corrected chi connectivity index (χ2v) is 7.21. The monoisotopic (exact) mass is 369 g/mol. The second-order valence-electron chi connectivity index (χ2n) is 7.21. The van der Waals surface area contributed by atoms with Crippen molar-refractivity contribution in [2.45, 2.75) is 18.9 Å². The summed E-state index contributed by atoms with van der Waals surface area (Å²) in [6, 6.07) is 9.96. The third-order valence-electron chi connectivity index (χ3n) is 5.50. The fourth-order valence-electron chi connectivity index (χ4n) is 3.90. The molecule has 2 saturated heterocycles. The maximum atomic E-state index is 13.4. The van der Waals surface area contributed by atoms with E-state index in [1.54, 1.807) is 6.20 Å². The number of fused-ring (bicyclic) bond motifs is 1. The SMILES string of the molecule is O=C(c1ccc2ncccc2c1)N(CCN1CCOCC1)C1CCOCC1. The third-order valence-corrected chi connectivity index (χ3v) is 5.50. The highest BCUT2D eigenvalue weighted by molar-refractivity contribution is 5.98. The number of aromatic nitrogens is 1. The van der Waals surface area contributed by atoms with Gasteiger partial charge in [-0.3, -0.25) is 14.7 Å². The first-order chi connectivity index (χ1) is 13.3. The Bertz CT molecular complexity index is 770. The minimum Gasteiger partial charge on any atom is -0.381 e. The molecular weight excluding hydrogens is 342 g/mol. The first kappa shape index (κ1) is 18.3. The Morgan fingerprint density at radius 1 is 1.11 bits per heavy atom. The molecule has 4 rings (SSSR count). The Morgan fingerprint density at radius 3 is 2.70 bits per heavy atom. The lowest BCUT2D eigenvalue weighted by molar-refractivity contribution is 0.0141. The van der Waals surface area contributed by atoms with Crippen LogP contribution in [0.4, 0.5) is 0 Å². The number of pyridine rings is 1. The Hall–Kier alpha value is -2.02. The van der Waals surface area contributed by atoms with Crippen molar-refractivity contribution in [2.24, 2.45) is 0 Å². The predicted octanol–water partition coefficient (Wildman–Crippen LogP) is 2.19. The lowest BCUT2D eigenvalue weighted by Gasteiger charge is -2.36. The molecule has 2 fully saturated rings. The van der Waals surface area contributed by atoms with E-state index in [-0.39, 0.29) is 11.9 Å². The molecule has 3 heterocycles. The number of ether oxygens (including phenoxy) is 2. The van der Waals surface area contributed by atoms with Gasteiger partial charge in [0.2, 0.25) is 0 Å². The van der Waals surface area contributed by atoms with E-state index in [0.29, 0.717) is 0 Å². The number of amides is 1. The maximum absolute atomic E-state index is 13.4. The maximum Gasteiger partial charge on any atom is 0.254 e. The van der Waals surface area contributed by atoms with Crippen molar-refractivity contribution >= 4 is 16.8 Å². The molecule has 1 amide bonds.